The molecule has 4 rings (SSSR count). The maximum Gasteiger partial charge on any atom is 0.490 e. The summed E-state index contributed by atoms with van der Waals surface area (Å²) in [7, 11) is 0. The summed E-state index contributed by atoms with van der Waals surface area (Å²) in [4.78, 5) is 21.9. The van der Waals surface area contributed by atoms with Crippen LogP contribution in [0.4, 0.5) is 23.5 Å². The summed E-state index contributed by atoms with van der Waals surface area (Å²) >= 11 is 0. The summed E-state index contributed by atoms with van der Waals surface area (Å²) in [6, 6.07) is 8.81. The van der Waals surface area contributed by atoms with Crippen molar-refractivity contribution in [3.8, 4) is 0 Å². The predicted molar refractivity (Wildman–Crippen MR) is 101 cm³/mol. The molecule has 0 unspecified atom stereocenters. The number of carboxylic acid groups (broad SMARTS) is 1. The minimum absolute atomic E-state index is 0.377. The molecule has 1 aromatic heterocycles. The van der Waals surface area contributed by atoms with E-state index in [-0.39, 0.29) is 5.82 Å². The van der Waals surface area contributed by atoms with Gasteiger partial charge >= 0.3 is 12.1 Å². The molecule has 1 N–H and O–H groups in total. The SMILES string of the molecule is Cc1ccc(CN2C[C@@H]3CN(c4ncc(F)cn4)C[C@@H]3C2)cc1.O=C(O)C(F)(F)F. The van der Waals surface area contributed by atoms with Crippen LogP contribution in [-0.4, -0.2) is 58.3 Å². The summed E-state index contributed by atoms with van der Waals surface area (Å²) in [6.45, 7) is 7.34. The van der Waals surface area contributed by atoms with Crippen LogP contribution in [-0.2, 0) is 11.3 Å². The number of alkyl halides is 3. The monoisotopic (exact) mass is 426 g/mol. The molecule has 0 aliphatic carbocycles. The van der Waals surface area contributed by atoms with Gasteiger partial charge in [0.15, 0.2) is 5.82 Å². The number of rotatable bonds is 3. The third kappa shape index (κ3) is 5.65. The van der Waals surface area contributed by atoms with Gasteiger partial charge in [-0.3, -0.25) is 4.90 Å². The van der Waals surface area contributed by atoms with Gasteiger partial charge in [-0.05, 0) is 24.3 Å². The summed E-state index contributed by atoms with van der Waals surface area (Å²) in [5, 5.41) is 7.12. The number of aromatic nitrogens is 2. The highest BCUT2D eigenvalue weighted by molar-refractivity contribution is 5.73. The summed E-state index contributed by atoms with van der Waals surface area (Å²) in [5.41, 5.74) is 2.69. The van der Waals surface area contributed by atoms with E-state index < -0.39 is 12.1 Å². The number of likely N-dealkylation sites (tertiary alicyclic amines) is 1. The molecule has 0 radical (unpaired) electrons. The molecule has 30 heavy (non-hydrogen) atoms. The molecule has 2 atom stereocenters. The van der Waals surface area contributed by atoms with Crippen molar-refractivity contribution in [2.24, 2.45) is 11.8 Å². The highest BCUT2D eigenvalue weighted by Crippen LogP contribution is 2.33. The normalized spacial score (nSPS) is 21.2. The van der Waals surface area contributed by atoms with Crippen LogP contribution in [0.2, 0.25) is 0 Å². The number of anilines is 1. The molecular weight excluding hydrogens is 404 g/mol. The third-order valence-corrected chi connectivity index (χ3v) is 5.22. The number of carbonyl (C=O) groups is 1. The first-order chi connectivity index (χ1) is 14.1. The highest BCUT2D eigenvalue weighted by atomic mass is 19.4. The number of hydrogen-bond donors (Lipinski definition) is 1. The largest absolute Gasteiger partial charge is 0.490 e. The molecule has 10 heteroatoms. The van der Waals surface area contributed by atoms with E-state index >= 15 is 0 Å². The van der Waals surface area contributed by atoms with Gasteiger partial charge in [-0.1, -0.05) is 29.8 Å². The lowest BCUT2D eigenvalue weighted by atomic mass is 10.0. The minimum atomic E-state index is -5.08. The average molecular weight is 426 g/mol. The molecule has 6 nitrogen and oxygen atoms in total. The smallest absolute Gasteiger partial charge is 0.475 e. The number of nitrogens with zero attached hydrogens (tertiary/aromatic N) is 4. The van der Waals surface area contributed by atoms with E-state index in [1.165, 1.54) is 23.5 Å². The van der Waals surface area contributed by atoms with E-state index in [1.54, 1.807) is 0 Å². The lowest BCUT2D eigenvalue weighted by molar-refractivity contribution is -0.192. The first-order valence-electron chi connectivity index (χ1n) is 9.42. The standard InChI is InChI=1S/C18H21FN4.C2HF3O2/c1-13-2-4-14(5-3-13)8-22-9-15-11-23(12-16(15)10-22)18-20-6-17(19)7-21-18;3-2(4,5)1(6)7/h2-7,15-16H,8-12H2,1H3;(H,6,7)/t15-,16+;. The fraction of sp³-hybridized carbons (Fsp3) is 0.450. The summed E-state index contributed by atoms with van der Waals surface area (Å²) < 4.78 is 44.7. The van der Waals surface area contributed by atoms with Crippen LogP contribution in [0.25, 0.3) is 0 Å². The van der Waals surface area contributed by atoms with Crippen molar-refractivity contribution in [1.29, 1.82) is 0 Å². The van der Waals surface area contributed by atoms with E-state index in [9.17, 15) is 17.6 Å². The van der Waals surface area contributed by atoms with E-state index in [0.29, 0.717) is 17.8 Å². The zero-order valence-corrected chi connectivity index (χ0v) is 16.3. The summed E-state index contributed by atoms with van der Waals surface area (Å²) in [5.74, 6) is -1.15. The topological polar surface area (TPSA) is 69.6 Å². The van der Waals surface area contributed by atoms with Crippen molar-refractivity contribution in [3.05, 3.63) is 53.6 Å². The molecule has 162 valence electrons. The molecule has 0 spiro atoms. The Morgan fingerprint density at radius 2 is 1.57 bits per heavy atom. The summed E-state index contributed by atoms with van der Waals surface area (Å²) in [6.07, 6.45) is -2.58. The van der Waals surface area contributed by atoms with E-state index in [1.807, 2.05) is 0 Å². The number of hydrogen-bond acceptors (Lipinski definition) is 5. The van der Waals surface area contributed by atoms with Gasteiger partial charge in [0.25, 0.3) is 0 Å². The maximum atomic E-state index is 12.9. The maximum absolute atomic E-state index is 12.9. The molecule has 3 heterocycles. The van der Waals surface area contributed by atoms with Crippen molar-refractivity contribution in [1.82, 2.24) is 14.9 Å². The molecule has 2 aliphatic heterocycles. The molecule has 2 saturated heterocycles. The molecule has 1 aromatic carbocycles. The van der Waals surface area contributed by atoms with Gasteiger partial charge in [0.1, 0.15) is 0 Å². The average Bonchev–Trinajstić information content (AvgIpc) is 3.22. The number of benzene rings is 1. The van der Waals surface area contributed by atoms with Crippen molar-refractivity contribution in [2.75, 3.05) is 31.1 Å². The van der Waals surface area contributed by atoms with Gasteiger partial charge in [-0.25, -0.2) is 19.2 Å². The first kappa shape index (κ1) is 21.9. The zero-order chi connectivity index (χ0) is 21.9. The van der Waals surface area contributed by atoms with Crippen molar-refractivity contribution in [3.63, 3.8) is 0 Å². The van der Waals surface area contributed by atoms with E-state index in [2.05, 4.69) is 51.0 Å². The Balaban J connectivity index is 0.000000318. The second kappa shape index (κ2) is 8.95. The fourth-order valence-corrected chi connectivity index (χ4v) is 3.80. The molecule has 2 fully saturated rings. The number of aryl methyl sites for hydroxylation is 1. The van der Waals surface area contributed by atoms with Gasteiger partial charge in [-0.2, -0.15) is 13.2 Å². The lowest BCUT2D eigenvalue weighted by Crippen LogP contribution is -2.29. The molecule has 0 bridgehead atoms. The highest BCUT2D eigenvalue weighted by Gasteiger charge is 2.40. The van der Waals surface area contributed by atoms with Crippen LogP contribution < -0.4 is 4.90 Å². The van der Waals surface area contributed by atoms with Crippen molar-refractivity contribution < 1.29 is 27.5 Å². The first-order valence-corrected chi connectivity index (χ1v) is 9.42. The quantitative estimate of drug-likeness (QED) is 0.761. The van der Waals surface area contributed by atoms with Gasteiger partial charge < -0.3 is 10.0 Å². The van der Waals surface area contributed by atoms with Gasteiger partial charge in [0, 0.05) is 32.7 Å². The lowest BCUT2D eigenvalue weighted by Gasteiger charge is -2.21. The van der Waals surface area contributed by atoms with Crippen LogP contribution in [0.5, 0.6) is 0 Å². The van der Waals surface area contributed by atoms with Gasteiger partial charge in [-0.15, -0.1) is 0 Å². The molecular formula is C20H22F4N4O2. The second-order valence-corrected chi connectivity index (χ2v) is 7.61. The van der Waals surface area contributed by atoms with Crippen molar-refractivity contribution >= 4 is 11.9 Å². The van der Waals surface area contributed by atoms with Crippen LogP contribution in [0, 0.1) is 24.6 Å². The number of fused-ring (bicyclic) bond motifs is 1. The van der Waals surface area contributed by atoms with Crippen LogP contribution in [0.15, 0.2) is 36.7 Å². The Bertz CT molecular complexity index is 845. The van der Waals surface area contributed by atoms with Crippen LogP contribution in [0.3, 0.4) is 0 Å². The third-order valence-electron chi connectivity index (χ3n) is 5.22. The Morgan fingerprint density at radius 3 is 2.03 bits per heavy atom. The van der Waals surface area contributed by atoms with Crippen LogP contribution in [0.1, 0.15) is 11.1 Å². The van der Waals surface area contributed by atoms with Gasteiger partial charge in [0.2, 0.25) is 5.95 Å². The minimum Gasteiger partial charge on any atom is -0.475 e. The molecule has 2 aromatic rings. The number of aliphatic carboxylic acids is 1. The Kier molecular flexibility index (Phi) is 6.55. The van der Waals surface area contributed by atoms with Crippen molar-refractivity contribution in [2.45, 2.75) is 19.6 Å². The predicted octanol–water partition coefficient (Wildman–Crippen LogP) is 3.13. The Morgan fingerprint density at radius 1 is 1.07 bits per heavy atom. The molecule has 0 saturated carbocycles. The molecule has 0 amide bonds. The second-order valence-electron chi connectivity index (χ2n) is 7.61. The fourth-order valence-electron chi connectivity index (χ4n) is 3.80. The van der Waals surface area contributed by atoms with E-state index in [4.69, 9.17) is 9.90 Å². The Labute approximate surface area is 171 Å². The number of carboxylic acids is 1. The van der Waals surface area contributed by atoms with Crippen LogP contribution >= 0.6 is 0 Å². The number of halogens is 4. The van der Waals surface area contributed by atoms with Gasteiger partial charge in [0.05, 0.1) is 12.4 Å². The Hall–Kier alpha value is -2.75. The van der Waals surface area contributed by atoms with E-state index in [0.717, 1.165) is 32.7 Å². The molecule has 2 aliphatic rings. The zero-order valence-electron chi connectivity index (χ0n) is 16.3.